The van der Waals surface area contributed by atoms with Crippen LogP contribution in [0.4, 0.5) is 0 Å². The van der Waals surface area contributed by atoms with Crippen LogP contribution in [-0.2, 0) is 18.6 Å². The van der Waals surface area contributed by atoms with Crippen molar-refractivity contribution in [2.24, 2.45) is 0 Å². The molecular formula is C8H15O4P. The Balaban J connectivity index is 3.96. The van der Waals surface area contributed by atoms with Gasteiger partial charge in [-0.2, -0.15) is 0 Å². The number of hydrogen-bond donors (Lipinski definition) is 0. The minimum atomic E-state index is -2.63. The molecule has 0 fully saturated rings. The Bertz CT molecular complexity index is 230. The maximum absolute atomic E-state index is 11.2. The Morgan fingerprint density at radius 1 is 1.62 bits per heavy atom. The lowest BCUT2D eigenvalue weighted by atomic mass is 10.4. The van der Waals surface area contributed by atoms with Crippen LogP contribution in [0, 0.1) is 0 Å². The van der Waals surface area contributed by atoms with Gasteiger partial charge in [-0.25, -0.2) is 4.79 Å². The van der Waals surface area contributed by atoms with E-state index in [1.807, 2.05) is 0 Å². The molecule has 0 aromatic carbocycles. The molecule has 0 aliphatic carbocycles. The highest BCUT2D eigenvalue weighted by Crippen LogP contribution is 2.38. The third-order valence-electron chi connectivity index (χ3n) is 1.09. The summed E-state index contributed by atoms with van der Waals surface area (Å²) in [7, 11) is -2.63. The molecule has 0 spiro atoms. The molecule has 0 saturated carbocycles. The molecule has 0 aliphatic heterocycles. The molecule has 0 aromatic heterocycles. The summed E-state index contributed by atoms with van der Waals surface area (Å²) < 4.78 is 20.8. The number of hydrogen-bond acceptors (Lipinski definition) is 4. The van der Waals surface area contributed by atoms with E-state index < -0.39 is 19.4 Å². The van der Waals surface area contributed by atoms with E-state index in [-0.39, 0.29) is 6.61 Å². The Kier molecular flexibility index (Phi) is 4.96. The molecule has 0 rings (SSSR count). The van der Waals surface area contributed by atoms with E-state index in [2.05, 4.69) is 6.58 Å². The fourth-order valence-corrected chi connectivity index (χ4v) is 1.53. The molecule has 1 unspecified atom stereocenters. The minimum Gasteiger partial charge on any atom is -0.460 e. The van der Waals surface area contributed by atoms with E-state index in [0.29, 0.717) is 0 Å². The highest BCUT2D eigenvalue weighted by atomic mass is 31.2. The topological polar surface area (TPSA) is 52.6 Å². The van der Waals surface area contributed by atoms with Crippen molar-refractivity contribution in [1.29, 1.82) is 0 Å². The summed E-state index contributed by atoms with van der Waals surface area (Å²) in [5.41, 5.74) is 0. The first-order chi connectivity index (χ1) is 5.87. The maximum atomic E-state index is 11.2. The predicted molar refractivity (Wildman–Crippen MR) is 51.2 cm³/mol. The van der Waals surface area contributed by atoms with E-state index >= 15 is 0 Å². The molecule has 0 aliphatic rings. The fraction of sp³-hybridized carbons (Fsp3) is 0.625. The summed E-state index contributed by atoms with van der Waals surface area (Å²) in [5.74, 6) is -0.524. The van der Waals surface area contributed by atoms with Gasteiger partial charge in [0.05, 0.1) is 0 Å². The van der Waals surface area contributed by atoms with Crippen LogP contribution < -0.4 is 0 Å². The Morgan fingerprint density at radius 2 is 2.15 bits per heavy atom. The monoisotopic (exact) mass is 206 g/mol. The summed E-state index contributed by atoms with van der Waals surface area (Å²) in [4.78, 5) is 11.1. The quantitative estimate of drug-likeness (QED) is 0.390. The first kappa shape index (κ1) is 12.4. The van der Waals surface area contributed by atoms with Gasteiger partial charge in [0.25, 0.3) is 0 Å². The highest BCUT2D eigenvalue weighted by Gasteiger charge is 2.20. The van der Waals surface area contributed by atoms with Crippen molar-refractivity contribution >= 4 is 13.3 Å². The van der Waals surface area contributed by atoms with Crippen LogP contribution in [0.3, 0.4) is 0 Å². The zero-order valence-electron chi connectivity index (χ0n) is 8.15. The van der Waals surface area contributed by atoms with E-state index in [0.717, 1.165) is 0 Å². The van der Waals surface area contributed by atoms with Gasteiger partial charge in [-0.05, 0) is 6.92 Å². The molecule has 0 radical (unpaired) electrons. The number of rotatable bonds is 5. The lowest BCUT2D eigenvalue weighted by Gasteiger charge is -2.14. The van der Waals surface area contributed by atoms with Gasteiger partial charge in [0.1, 0.15) is 6.61 Å². The Labute approximate surface area is 78.4 Å². The normalized spacial score (nSPS) is 13.5. The first-order valence-corrected chi connectivity index (χ1v) is 6.39. The zero-order valence-corrected chi connectivity index (χ0v) is 9.04. The van der Waals surface area contributed by atoms with Gasteiger partial charge in [-0.15, -0.1) is 0 Å². The molecule has 13 heavy (non-hydrogen) atoms. The summed E-state index contributed by atoms with van der Waals surface area (Å²) in [6, 6.07) is 0. The van der Waals surface area contributed by atoms with E-state index in [1.54, 1.807) is 0 Å². The van der Waals surface area contributed by atoms with Crippen LogP contribution in [0.25, 0.3) is 0 Å². The van der Waals surface area contributed by atoms with Crippen molar-refractivity contribution in [2.75, 3.05) is 19.9 Å². The van der Waals surface area contributed by atoms with Gasteiger partial charge in [0.2, 0.25) is 0 Å². The number of esters is 1. The molecule has 0 N–H and O–H groups in total. The van der Waals surface area contributed by atoms with Crippen LogP contribution in [-0.4, -0.2) is 32.0 Å². The summed E-state index contributed by atoms with van der Waals surface area (Å²) >= 11 is 0. The van der Waals surface area contributed by atoms with E-state index in [1.165, 1.54) is 26.3 Å². The molecule has 0 saturated heterocycles. The third-order valence-corrected chi connectivity index (χ3v) is 1.91. The van der Waals surface area contributed by atoms with Crippen molar-refractivity contribution in [2.45, 2.75) is 13.0 Å². The standard InChI is InChI=1S/C8H15O4P/c1-5-6-11-8(9)7(2)12-13(3,4)10/h5,7H,1,6H2,2-4H3. The molecule has 76 valence electrons. The molecule has 1 atom stereocenters. The van der Waals surface area contributed by atoms with Crippen molar-refractivity contribution in [1.82, 2.24) is 0 Å². The van der Waals surface area contributed by atoms with Crippen LogP contribution >= 0.6 is 7.37 Å². The van der Waals surface area contributed by atoms with Crippen molar-refractivity contribution in [3.8, 4) is 0 Å². The smallest absolute Gasteiger partial charge is 0.335 e. The zero-order chi connectivity index (χ0) is 10.5. The second kappa shape index (κ2) is 5.20. The van der Waals surface area contributed by atoms with Crippen molar-refractivity contribution in [3.63, 3.8) is 0 Å². The number of carbonyl (C=O) groups is 1. The average molecular weight is 206 g/mol. The van der Waals surface area contributed by atoms with Crippen LogP contribution in [0.2, 0.25) is 0 Å². The molecule has 0 aromatic rings. The third kappa shape index (κ3) is 6.55. The summed E-state index contributed by atoms with van der Waals surface area (Å²) in [6.07, 6.45) is 0.669. The number of carbonyl (C=O) groups excluding carboxylic acids is 1. The maximum Gasteiger partial charge on any atom is 0.335 e. The first-order valence-electron chi connectivity index (χ1n) is 3.87. The fourth-order valence-electron chi connectivity index (χ4n) is 0.682. The molecule has 5 heteroatoms. The van der Waals surface area contributed by atoms with Gasteiger partial charge in [-0.3, -0.25) is 4.57 Å². The van der Waals surface area contributed by atoms with Gasteiger partial charge >= 0.3 is 5.97 Å². The van der Waals surface area contributed by atoms with Gasteiger partial charge in [0, 0.05) is 13.3 Å². The van der Waals surface area contributed by atoms with Gasteiger partial charge in [-0.1, -0.05) is 12.7 Å². The molecule has 0 amide bonds. The molecule has 4 nitrogen and oxygen atoms in total. The SMILES string of the molecule is C=CCOC(=O)C(C)OP(C)(C)=O. The molecular weight excluding hydrogens is 191 g/mol. The number of ether oxygens (including phenoxy) is 1. The van der Waals surface area contributed by atoms with Crippen LogP contribution in [0.15, 0.2) is 12.7 Å². The van der Waals surface area contributed by atoms with Gasteiger partial charge < -0.3 is 9.26 Å². The molecule has 0 bridgehead atoms. The second-order valence-corrected chi connectivity index (χ2v) is 5.63. The summed E-state index contributed by atoms with van der Waals surface area (Å²) in [5, 5.41) is 0. The van der Waals surface area contributed by atoms with Crippen LogP contribution in [0.1, 0.15) is 6.92 Å². The van der Waals surface area contributed by atoms with Crippen molar-refractivity contribution in [3.05, 3.63) is 12.7 Å². The van der Waals surface area contributed by atoms with Crippen LogP contribution in [0.5, 0.6) is 0 Å². The molecule has 0 heterocycles. The lowest BCUT2D eigenvalue weighted by molar-refractivity contribution is -0.149. The van der Waals surface area contributed by atoms with Crippen molar-refractivity contribution < 1.29 is 18.6 Å². The predicted octanol–water partition coefficient (Wildman–Crippen LogP) is 1.66. The lowest BCUT2D eigenvalue weighted by Crippen LogP contribution is -2.22. The Hall–Kier alpha value is -0.600. The van der Waals surface area contributed by atoms with E-state index in [9.17, 15) is 9.36 Å². The Morgan fingerprint density at radius 3 is 2.54 bits per heavy atom. The largest absolute Gasteiger partial charge is 0.460 e. The second-order valence-electron chi connectivity index (χ2n) is 2.92. The average Bonchev–Trinajstić information content (AvgIpc) is 1.96. The minimum absolute atomic E-state index is 0.143. The van der Waals surface area contributed by atoms with Gasteiger partial charge in [0.15, 0.2) is 13.5 Å². The summed E-state index contributed by atoms with van der Waals surface area (Å²) in [6.45, 7) is 7.94. The van der Waals surface area contributed by atoms with E-state index in [4.69, 9.17) is 9.26 Å². The highest BCUT2D eigenvalue weighted by molar-refractivity contribution is 7.57.